The van der Waals surface area contributed by atoms with E-state index in [4.69, 9.17) is 0 Å². The van der Waals surface area contributed by atoms with Crippen molar-refractivity contribution in [2.75, 3.05) is 0 Å². The molecule has 6 heteroatoms. The first-order valence-corrected chi connectivity index (χ1v) is 9.18. The van der Waals surface area contributed by atoms with Crippen molar-refractivity contribution in [3.05, 3.63) is 45.4 Å². The van der Waals surface area contributed by atoms with Gasteiger partial charge >= 0.3 is 0 Å². The molecule has 2 aromatic rings. The highest BCUT2D eigenvalue weighted by Crippen LogP contribution is 2.37. The number of nitrogens with zero attached hydrogens (tertiary/aromatic N) is 2. The van der Waals surface area contributed by atoms with Gasteiger partial charge in [-0.3, -0.25) is 0 Å². The van der Waals surface area contributed by atoms with Gasteiger partial charge in [-0.25, -0.2) is 8.42 Å². The minimum Gasteiger partial charge on any atom is -0.228 e. The van der Waals surface area contributed by atoms with Gasteiger partial charge in [0.15, 0.2) is 9.84 Å². The maximum atomic E-state index is 12.7. The Morgan fingerprint density at radius 1 is 1.30 bits per heavy atom. The first-order chi connectivity index (χ1) is 9.56. The molecule has 0 aliphatic heterocycles. The van der Waals surface area contributed by atoms with E-state index >= 15 is 0 Å². The van der Waals surface area contributed by atoms with Gasteiger partial charge in [0.05, 0.1) is 5.25 Å². The summed E-state index contributed by atoms with van der Waals surface area (Å²) in [5.41, 5.74) is 2.14. The van der Waals surface area contributed by atoms with Gasteiger partial charge in [-0.05, 0) is 37.3 Å². The van der Waals surface area contributed by atoms with Crippen LogP contribution in [-0.4, -0.2) is 18.6 Å². The number of aryl methyl sites for hydroxylation is 2. The number of benzene rings is 1. The van der Waals surface area contributed by atoms with Crippen molar-refractivity contribution in [2.24, 2.45) is 0 Å². The Balaban J connectivity index is 1.92. The van der Waals surface area contributed by atoms with E-state index in [1.165, 1.54) is 16.9 Å². The summed E-state index contributed by atoms with van der Waals surface area (Å²) >= 11 is 1.36. The quantitative estimate of drug-likeness (QED) is 0.875. The van der Waals surface area contributed by atoms with E-state index in [0.29, 0.717) is 11.4 Å². The van der Waals surface area contributed by atoms with Crippen LogP contribution in [0.15, 0.2) is 24.3 Å². The van der Waals surface area contributed by atoms with Crippen LogP contribution in [0.4, 0.5) is 0 Å². The van der Waals surface area contributed by atoms with Crippen LogP contribution in [0, 0.1) is 6.92 Å². The number of hydrogen-bond donors (Lipinski definition) is 0. The van der Waals surface area contributed by atoms with Gasteiger partial charge in [0.1, 0.15) is 15.8 Å². The number of rotatable bonds is 3. The van der Waals surface area contributed by atoms with Crippen molar-refractivity contribution in [1.82, 2.24) is 10.2 Å². The summed E-state index contributed by atoms with van der Waals surface area (Å²) in [4.78, 5) is 0. The third kappa shape index (κ3) is 2.62. The molecule has 0 spiro atoms. The van der Waals surface area contributed by atoms with Crippen LogP contribution in [0.1, 0.15) is 39.2 Å². The van der Waals surface area contributed by atoms with E-state index in [1.807, 2.05) is 31.2 Å². The predicted molar refractivity (Wildman–Crippen MR) is 79.4 cm³/mol. The number of hydrogen-bond acceptors (Lipinski definition) is 5. The lowest BCUT2D eigenvalue weighted by Gasteiger charge is -2.25. The smallest absolute Gasteiger partial charge is 0.163 e. The molecular formula is C14H16N2O2S2. The Labute approximate surface area is 122 Å². The lowest BCUT2D eigenvalue weighted by atomic mass is 9.91. The molecule has 4 nitrogen and oxygen atoms in total. The Hall–Kier alpha value is -1.27. The van der Waals surface area contributed by atoms with Gasteiger partial charge in [-0.15, -0.1) is 21.5 Å². The highest BCUT2D eigenvalue weighted by molar-refractivity contribution is 7.91. The minimum atomic E-state index is -3.23. The fourth-order valence-electron chi connectivity index (χ4n) is 2.75. The van der Waals surface area contributed by atoms with E-state index in [-0.39, 0.29) is 5.75 Å². The molecule has 20 heavy (non-hydrogen) atoms. The van der Waals surface area contributed by atoms with Gasteiger partial charge in [0, 0.05) is 0 Å². The first kappa shape index (κ1) is 13.7. The molecule has 1 aromatic heterocycles. The maximum Gasteiger partial charge on any atom is 0.163 e. The molecule has 1 unspecified atom stereocenters. The van der Waals surface area contributed by atoms with Crippen molar-refractivity contribution in [2.45, 2.75) is 37.2 Å². The van der Waals surface area contributed by atoms with E-state index < -0.39 is 15.1 Å². The average Bonchev–Trinajstić information content (AvgIpc) is 2.82. The monoisotopic (exact) mass is 308 g/mol. The molecule has 0 saturated carbocycles. The predicted octanol–water partition coefficient (Wildman–Crippen LogP) is 2.84. The molecule has 1 aliphatic carbocycles. The molecule has 0 fully saturated rings. The minimum absolute atomic E-state index is 0.00247. The van der Waals surface area contributed by atoms with Crippen LogP contribution in [-0.2, 0) is 22.0 Å². The molecule has 1 atom stereocenters. The van der Waals surface area contributed by atoms with Crippen LogP contribution in [0.2, 0.25) is 0 Å². The van der Waals surface area contributed by atoms with Crippen molar-refractivity contribution >= 4 is 21.2 Å². The van der Waals surface area contributed by atoms with Crippen LogP contribution in [0.25, 0.3) is 0 Å². The summed E-state index contributed by atoms with van der Waals surface area (Å²) in [5, 5.41) is 8.84. The molecule has 3 rings (SSSR count). The highest BCUT2D eigenvalue weighted by Gasteiger charge is 2.32. The molecule has 106 valence electrons. The maximum absolute atomic E-state index is 12.7. The number of sulfone groups is 1. The molecule has 1 aromatic carbocycles. The van der Waals surface area contributed by atoms with E-state index in [9.17, 15) is 8.42 Å². The molecule has 0 radical (unpaired) electrons. The van der Waals surface area contributed by atoms with Gasteiger partial charge < -0.3 is 0 Å². The number of aromatic nitrogens is 2. The third-order valence-electron chi connectivity index (χ3n) is 3.64. The third-order valence-corrected chi connectivity index (χ3v) is 6.69. The second-order valence-electron chi connectivity index (χ2n) is 5.10. The molecule has 0 amide bonds. The SMILES string of the molecule is Cc1nnc(CS(=O)(=O)C2CCCc3ccccc32)s1. The van der Waals surface area contributed by atoms with E-state index in [2.05, 4.69) is 10.2 Å². The largest absolute Gasteiger partial charge is 0.228 e. The van der Waals surface area contributed by atoms with Crippen LogP contribution < -0.4 is 0 Å². The van der Waals surface area contributed by atoms with Crippen molar-refractivity contribution in [1.29, 1.82) is 0 Å². The number of fused-ring (bicyclic) bond motifs is 1. The summed E-state index contributed by atoms with van der Waals surface area (Å²) in [5.74, 6) is -0.00247. The van der Waals surface area contributed by atoms with Gasteiger partial charge in [0.2, 0.25) is 0 Å². The van der Waals surface area contributed by atoms with E-state index in [1.54, 1.807) is 0 Å². The lowest BCUT2D eigenvalue weighted by Crippen LogP contribution is -2.20. The molecule has 0 N–H and O–H groups in total. The molecule has 0 bridgehead atoms. The van der Waals surface area contributed by atoms with Crippen LogP contribution in [0.3, 0.4) is 0 Å². The van der Waals surface area contributed by atoms with Gasteiger partial charge in [-0.2, -0.15) is 0 Å². The van der Waals surface area contributed by atoms with Gasteiger partial charge in [0.25, 0.3) is 0 Å². The van der Waals surface area contributed by atoms with Gasteiger partial charge in [-0.1, -0.05) is 24.3 Å². The van der Waals surface area contributed by atoms with Crippen molar-refractivity contribution in [3.8, 4) is 0 Å². The highest BCUT2D eigenvalue weighted by atomic mass is 32.2. The van der Waals surface area contributed by atoms with Crippen molar-refractivity contribution < 1.29 is 8.42 Å². The summed E-state index contributed by atoms with van der Waals surface area (Å²) in [6.07, 6.45) is 2.60. The Bertz CT molecular complexity index is 722. The summed E-state index contributed by atoms with van der Waals surface area (Å²) in [6.45, 7) is 1.84. The van der Waals surface area contributed by atoms with Crippen LogP contribution >= 0.6 is 11.3 Å². The normalized spacial score (nSPS) is 18.8. The summed E-state index contributed by atoms with van der Waals surface area (Å²) in [7, 11) is -3.23. The molecular weight excluding hydrogens is 292 g/mol. The average molecular weight is 308 g/mol. The fraction of sp³-hybridized carbons (Fsp3) is 0.429. The molecule has 0 saturated heterocycles. The van der Waals surface area contributed by atoms with E-state index in [0.717, 1.165) is 23.4 Å². The second-order valence-corrected chi connectivity index (χ2v) is 8.55. The second kappa shape index (κ2) is 5.26. The topological polar surface area (TPSA) is 59.9 Å². The molecule has 1 heterocycles. The standard InChI is InChI=1S/C14H16N2O2S2/c1-10-15-16-14(19-10)9-20(17,18)13-8-4-6-11-5-2-3-7-12(11)13/h2-3,5,7,13H,4,6,8-9H2,1H3. The lowest BCUT2D eigenvalue weighted by molar-refractivity contribution is 0.559. The molecule has 1 aliphatic rings. The Morgan fingerprint density at radius 3 is 2.85 bits per heavy atom. The fourth-order valence-corrected chi connectivity index (χ4v) is 5.73. The zero-order chi connectivity index (χ0) is 14.2. The summed E-state index contributed by atoms with van der Waals surface area (Å²) < 4.78 is 25.3. The Morgan fingerprint density at radius 2 is 2.10 bits per heavy atom. The zero-order valence-electron chi connectivity index (χ0n) is 11.2. The Kier molecular flexibility index (Phi) is 3.60. The zero-order valence-corrected chi connectivity index (χ0v) is 12.9. The first-order valence-electron chi connectivity index (χ1n) is 6.64. The van der Waals surface area contributed by atoms with Crippen LogP contribution in [0.5, 0.6) is 0 Å². The van der Waals surface area contributed by atoms with Crippen molar-refractivity contribution in [3.63, 3.8) is 0 Å². The summed E-state index contributed by atoms with van der Waals surface area (Å²) in [6, 6.07) is 7.87.